The SMILES string of the molecule is O=C(NCc1ccccc1)c1cnc(Nc2ccc(F)c(F)c2)cn1. The topological polar surface area (TPSA) is 66.9 Å². The van der Waals surface area contributed by atoms with Crippen LogP contribution in [0.5, 0.6) is 0 Å². The fourth-order valence-corrected chi connectivity index (χ4v) is 2.10. The molecule has 0 bridgehead atoms. The molecule has 0 saturated heterocycles. The molecule has 3 aromatic rings. The van der Waals surface area contributed by atoms with Crippen LogP contribution >= 0.6 is 0 Å². The zero-order valence-corrected chi connectivity index (χ0v) is 13.0. The summed E-state index contributed by atoms with van der Waals surface area (Å²) >= 11 is 0. The molecule has 1 amide bonds. The van der Waals surface area contributed by atoms with Gasteiger partial charge < -0.3 is 10.6 Å². The summed E-state index contributed by atoms with van der Waals surface area (Å²) in [6, 6.07) is 12.9. The van der Waals surface area contributed by atoms with Crippen LogP contribution in [-0.2, 0) is 6.54 Å². The molecule has 0 radical (unpaired) electrons. The van der Waals surface area contributed by atoms with Gasteiger partial charge in [-0.2, -0.15) is 0 Å². The molecular formula is C18H14F2N4O. The van der Waals surface area contributed by atoms with Crippen molar-refractivity contribution in [3.8, 4) is 0 Å². The summed E-state index contributed by atoms with van der Waals surface area (Å²) in [5.41, 5.74) is 1.46. The van der Waals surface area contributed by atoms with Crippen molar-refractivity contribution in [3.63, 3.8) is 0 Å². The highest BCUT2D eigenvalue weighted by Crippen LogP contribution is 2.17. The second-order valence-electron chi connectivity index (χ2n) is 5.21. The Morgan fingerprint density at radius 1 is 0.960 bits per heavy atom. The summed E-state index contributed by atoms with van der Waals surface area (Å²) in [5.74, 6) is -1.93. The second kappa shape index (κ2) is 7.48. The van der Waals surface area contributed by atoms with Gasteiger partial charge in [-0.15, -0.1) is 0 Å². The molecule has 0 unspecified atom stereocenters. The van der Waals surface area contributed by atoms with Crippen LogP contribution in [0.25, 0.3) is 0 Å². The minimum Gasteiger partial charge on any atom is -0.347 e. The first-order valence-electron chi connectivity index (χ1n) is 7.48. The Morgan fingerprint density at radius 3 is 2.44 bits per heavy atom. The number of aromatic nitrogens is 2. The Balaban J connectivity index is 1.61. The highest BCUT2D eigenvalue weighted by Gasteiger charge is 2.08. The van der Waals surface area contributed by atoms with Crippen LogP contribution in [0, 0.1) is 11.6 Å². The van der Waals surface area contributed by atoms with E-state index >= 15 is 0 Å². The second-order valence-corrected chi connectivity index (χ2v) is 5.21. The number of benzene rings is 2. The molecule has 126 valence electrons. The van der Waals surface area contributed by atoms with Crippen molar-refractivity contribution in [1.82, 2.24) is 15.3 Å². The van der Waals surface area contributed by atoms with Gasteiger partial charge in [0.1, 0.15) is 11.5 Å². The number of anilines is 2. The summed E-state index contributed by atoms with van der Waals surface area (Å²) in [5, 5.41) is 5.53. The Morgan fingerprint density at radius 2 is 1.76 bits per heavy atom. The third-order valence-corrected chi connectivity index (χ3v) is 3.37. The lowest BCUT2D eigenvalue weighted by atomic mass is 10.2. The first kappa shape index (κ1) is 16.5. The van der Waals surface area contributed by atoms with Crippen molar-refractivity contribution in [1.29, 1.82) is 0 Å². The molecule has 0 atom stereocenters. The van der Waals surface area contributed by atoms with Gasteiger partial charge in [0, 0.05) is 18.3 Å². The molecule has 0 saturated carbocycles. The monoisotopic (exact) mass is 340 g/mol. The predicted molar refractivity (Wildman–Crippen MR) is 89.3 cm³/mol. The first-order chi connectivity index (χ1) is 12.1. The van der Waals surface area contributed by atoms with Crippen LogP contribution in [0.15, 0.2) is 60.9 Å². The third-order valence-electron chi connectivity index (χ3n) is 3.37. The molecule has 0 spiro atoms. The van der Waals surface area contributed by atoms with Gasteiger partial charge in [-0.3, -0.25) is 4.79 Å². The van der Waals surface area contributed by atoms with Crippen molar-refractivity contribution >= 4 is 17.4 Å². The molecule has 0 fully saturated rings. The lowest BCUT2D eigenvalue weighted by Gasteiger charge is -2.07. The van der Waals surface area contributed by atoms with E-state index in [0.29, 0.717) is 18.1 Å². The lowest BCUT2D eigenvalue weighted by Crippen LogP contribution is -2.24. The van der Waals surface area contributed by atoms with Crippen LogP contribution in [0.1, 0.15) is 16.1 Å². The molecule has 0 aliphatic heterocycles. The van der Waals surface area contributed by atoms with Gasteiger partial charge in [0.15, 0.2) is 11.6 Å². The zero-order chi connectivity index (χ0) is 17.6. The zero-order valence-electron chi connectivity index (χ0n) is 13.0. The number of carbonyl (C=O) groups is 1. The number of amides is 1. The standard InChI is InChI=1S/C18H14F2N4O/c19-14-7-6-13(8-15(14)20)24-17-11-21-16(10-22-17)18(25)23-9-12-4-2-1-3-5-12/h1-8,10-11H,9H2,(H,22,24)(H,23,25). The van der Waals surface area contributed by atoms with Crippen LogP contribution < -0.4 is 10.6 Å². The van der Waals surface area contributed by atoms with Gasteiger partial charge in [0.2, 0.25) is 0 Å². The summed E-state index contributed by atoms with van der Waals surface area (Å²) < 4.78 is 26.1. The van der Waals surface area contributed by atoms with E-state index in [4.69, 9.17) is 0 Å². The first-order valence-corrected chi connectivity index (χ1v) is 7.48. The van der Waals surface area contributed by atoms with Crippen molar-refractivity contribution in [2.45, 2.75) is 6.54 Å². The predicted octanol–water partition coefficient (Wildman–Crippen LogP) is 3.43. The molecule has 25 heavy (non-hydrogen) atoms. The van der Waals surface area contributed by atoms with E-state index in [2.05, 4.69) is 20.6 Å². The number of rotatable bonds is 5. The van der Waals surface area contributed by atoms with Crippen LogP contribution in [-0.4, -0.2) is 15.9 Å². The fourth-order valence-electron chi connectivity index (χ4n) is 2.10. The van der Waals surface area contributed by atoms with Gasteiger partial charge in [-0.1, -0.05) is 30.3 Å². The fraction of sp³-hybridized carbons (Fsp3) is 0.0556. The Hall–Kier alpha value is -3.35. The van der Waals surface area contributed by atoms with E-state index in [9.17, 15) is 13.6 Å². The molecule has 2 N–H and O–H groups in total. The molecule has 0 aliphatic rings. The van der Waals surface area contributed by atoms with Crippen molar-refractivity contribution in [2.24, 2.45) is 0 Å². The summed E-state index contributed by atoms with van der Waals surface area (Å²) in [6.07, 6.45) is 2.65. The highest BCUT2D eigenvalue weighted by atomic mass is 19.2. The van der Waals surface area contributed by atoms with Gasteiger partial charge >= 0.3 is 0 Å². The smallest absolute Gasteiger partial charge is 0.271 e. The summed E-state index contributed by atoms with van der Waals surface area (Å²) in [4.78, 5) is 20.1. The minimum atomic E-state index is -0.963. The third kappa shape index (κ3) is 4.35. The van der Waals surface area contributed by atoms with E-state index < -0.39 is 11.6 Å². The quantitative estimate of drug-likeness (QED) is 0.747. The number of halogens is 2. The average molecular weight is 340 g/mol. The van der Waals surface area contributed by atoms with E-state index in [-0.39, 0.29) is 11.6 Å². The van der Waals surface area contributed by atoms with Crippen molar-refractivity contribution in [3.05, 3.63) is 83.8 Å². The maximum absolute atomic E-state index is 13.2. The van der Waals surface area contributed by atoms with Crippen LogP contribution in [0.4, 0.5) is 20.3 Å². The number of nitrogens with zero attached hydrogens (tertiary/aromatic N) is 2. The number of hydrogen-bond donors (Lipinski definition) is 2. The van der Waals surface area contributed by atoms with Gasteiger partial charge in [0.25, 0.3) is 5.91 Å². The van der Waals surface area contributed by atoms with Crippen molar-refractivity contribution in [2.75, 3.05) is 5.32 Å². The maximum Gasteiger partial charge on any atom is 0.271 e. The molecule has 3 rings (SSSR count). The number of hydrogen-bond acceptors (Lipinski definition) is 4. The normalized spacial score (nSPS) is 10.3. The molecule has 2 aromatic carbocycles. The maximum atomic E-state index is 13.2. The largest absolute Gasteiger partial charge is 0.347 e. The molecule has 1 heterocycles. The highest BCUT2D eigenvalue weighted by molar-refractivity contribution is 5.92. The van der Waals surface area contributed by atoms with E-state index in [1.165, 1.54) is 18.5 Å². The lowest BCUT2D eigenvalue weighted by molar-refractivity contribution is 0.0945. The Labute approximate surface area is 142 Å². The number of carbonyl (C=O) groups excluding carboxylic acids is 1. The summed E-state index contributed by atoms with van der Waals surface area (Å²) in [7, 11) is 0. The van der Waals surface area contributed by atoms with Crippen LogP contribution in [0.2, 0.25) is 0 Å². The average Bonchev–Trinajstić information content (AvgIpc) is 2.64. The van der Waals surface area contributed by atoms with Gasteiger partial charge in [-0.05, 0) is 17.7 Å². The minimum absolute atomic E-state index is 0.159. The van der Waals surface area contributed by atoms with Crippen molar-refractivity contribution < 1.29 is 13.6 Å². The molecular weight excluding hydrogens is 326 g/mol. The number of nitrogens with one attached hydrogen (secondary N) is 2. The molecule has 1 aromatic heterocycles. The van der Waals surface area contributed by atoms with Crippen LogP contribution in [0.3, 0.4) is 0 Å². The molecule has 5 nitrogen and oxygen atoms in total. The van der Waals surface area contributed by atoms with Gasteiger partial charge in [-0.25, -0.2) is 18.7 Å². The van der Waals surface area contributed by atoms with E-state index in [0.717, 1.165) is 17.7 Å². The van der Waals surface area contributed by atoms with Gasteiger partial charge in [0.05, 0.1) is 12.4 Å². The molecule has 0 aliphatic carbocycles. The van der Waals surface area contributed by atoms with E-state index in [1.807, 2.05) is 30.3 Å². The van der Waals surface area contributed by atoms with E-state index in [1.54, 1.807) is 0 Å². The summed E-state index contributed by atoms with van der Waals surface area (Å²) in [6.45, 7) is 0.385. The molecule has 7 heteroatoms. The Bertz CT molecular complexity index is 870. The Kier molecular flexibility index (Phi) is 4.94.